The summed E-state index contributed by atoms with van der Waals surface area (Å²) in [6, 6.07) is 8.83. The van der Waals surface area contributed by atoms with E-state index in [4.69, 9.17) is 0 Å². The standard InChI is InChI=1S/C14H23NO2S/c1-12-5-7-14(8-6-12)11-13(2)15(3)9-10-18(4,16)17/h5-8,13H,9-11H2,1-4H3/t13-/m1/s1. The van der Waals surface area contributed by atoms with E-state index in [1.807, 2.05) is 7.05 Å². The highest BCUT2D eigenvalue weighted by Crippen LogP contribution is 2.09. The minimum Gasteiger partial charge on any atom is -0.302 e. The van der Waals surface area contributed by atoms with E-state index in [2.05, 4.69) is 43.0 Å². The van der Waals surface area contributed by atoms with Crippen LogP contribution < -0.4 is 0 Å². The molecule has 0 saturated heterocycles. The highest BCUT2D eigenvalue weighted by atomic mass is 32.2. The van der Waals surface area contributed by atoms with Crippen LogP contribution >= 0.6 is 0 Å². The number of nitrogens with zero attached hydrogens (tertiary/aromatic N) is 1. The van der Waals surface area contributed by atoms with Gasteiger partial charge in [-0.15, -0.1) is 0 Å². The Hall–Kier alpha value is -0.870. The fourth-order valence-electron chi connectivity index (χ4n) is 1.75. The molecule has 0 aromatic heterocycles. The van der Waals surface area contributed by atoms with Gasteiger partial charge in [0, 0.05) is 18.8 Å². The van der Waals surface area contributed by atoms with E-state index in [9.17, 15) is 8.42 Å². The normalized spacial score (nSPS) is 13.8. The van der Waals surface area contributed by atoms with E-state index < -0.39 is 9.84 Å². The van der Waals surface area contributed by atoms with Gasteiger partial charge >= 0.3 is 0 Å². The van der Waals surface area contributed by atoms with E-state index in [0.29, 0.717) is 12.6 Å². The van der Waals surface area contributed by atoms with Crippen molar-refractivity contribution in [1.82, 2.24) is 4.90 Å². The number of benzene rings is 1. The van der Waals surface area contributed by atoms with Crippen LogP contribution in [0.15, 0.2) is 24.3 Å². The summed E-state index contributed by atoms with van der Waals surface area (Å²) in [6.07, 6.45) is 2.23. The molecular formula is C14H23NO2S. The molecule has 4 heteroatoms. The van der Waals surface area contributed by atoms with Crippen molar-refractivity contribution in [1.29, 1.82) is 0 Å². The fraction of sp³-hybridized carbons (Fsp3) is 0.571. The minimum absolute atomic E-state index is 0.224. The zero-order chi connectivity index (χ0) is 13.8. The van der Waals surface area contributed by atoms with Gasteiger partial charge in [0.15, 0.2) is 0 Å². The van der Waals surface area contributed by atoms with Crippen LogP contribution in [0.25, 0.3) is 0 Å². The maximum Gasteiger partial charge on any atom is 0.148 e. The van der Waals surface area contributed by atoms with Crippen molar-refractivity contribution in [2.75, 3.05) is 25.6 Å². The molecule has 3 nitrogen and oxygen atoms in total. The zero-order valence-electron chi connectivity index (χ0n) is 11.7. The van der Waals surface area contributed by atoms with E-state index in [-0.39, 0.29) is 5.75 Å². The van der Waals surface area contributed by atoms with Crippen LogP contribution in [0, 0.1) is 6.92 Å². The number of rotatable bonds is 6. The van der Waals surface area contributed by atoms with Gasteiger partial charge in [0.2, 0.25) is 0 Å². The smallest absolute Gasteiger partial charge is 0.148 e. The molecule has 0 radical (unpaired) electrons. The van der Waals surface area contributed by atoms with Crippen molar-refractivity contribution in [2.45, 2.75) is 26.3 Å². The molecule has 18 heavy (non-hydrogen) atoms. The summed E-state index contributed by atoms with van der Waals surface area (Å²) in [4.78, 5) is 2.10. The maximum absolute atomic E-state index is 11.1. The predicted octanol–water partition coefficient (Wildman–Crippen LogP) is 1.90. The molecule has 0 amide bonds. The molecule has 1 atom stereocenters. The molecule has 0 bridgehead atoms. The van der Waals surface area contributed by atoms with Gasteiger partial charge < -0.3 is 4.90 Å². The van der Waals surface area contributed by atoms with Crippen molar-refractivity contribution < 1.29 is 8.42 Å². The van der Waals surface area contributed by atoms with Gasteiger partial charge in [0.25, 0.3) is 0 Å². The Kier molecular flexibility index (Phi) is 5.35. The topological polar surface area (TPSA) is 37.4 Å². The van der Waals surface area contributed by atoms with Crippen LogP contribution in [0.3, 0.4) is 0 Å². The summed E-state index contributed by atoms with van der Waals surface area (Å²) >= 11 is 0. The molecular weight excluding hydrogens is 246 g/mol. The molecule has 0 aliphatic rings. The Morgan fingerprint density at radius 3 is 2.28 bits per heavy atom. The molecule has 0 aliphatic carbocycles. The summed E-state index contributed by atoms with van der Waals surface area (Å²) in [5, 5.41) is 0. The van der Waals surface area contributed by atoms with Crippen molar-refractivity contribution in [2.24, 2.45) is 0 Å². The number of aryl methyl sites for hydroxylation is 1. The Labute approximate surface area is 111 Å². The second kappa shape index (κ2) is 6.34. The maximum atomic E-state index is 11.1. The first kappa shape index (κ1) is 15.2. The van der Waals surface area contributed by atoms with Gasteiger partial charge in [0.1, 0.15) is 9.84 Å². The molecule has 0 spiro atoms. The fourth-order valence-corrected chi connectivity index (χ4v) is 2.37. The molecule has 0 aliphatic heterocycles. The minimum atomic E-state index is -2.87. The van der Waals surface area contributed by atoms with Crippen LogP contribution in [-0.4, -0.2) is 45.0 Å². The highest BCUT2D eigenvalue weighted by molar-refractivity contribution is 7.90. The summed E-state index contributed by atoms with van der Waals surface area (Å²) in [5.74, 6) is 0.224. The SMILES string of the molecule is Cc1ccc(C[C@@H](C)N(C)CCS(C)(=O)=O)cc1. The van der Waals surface area contributed by atoms with E-state index >= 15 is 0 Å². The molecule has 0 unspecified atom stereocenters. The van der Waals surface area contributed by atoms with Crippen LogP contribution in [0.4, 0.5) is 0 Å². The summed E-state index contributed by atoms with van der Waals surface area (Å²) in [6.45, 7) is 4.79. The summed E-state index contributed by atoms with van der Waals surface area (Å²) in [7, 11) is -0.897. The second-order valence-corrected chi connectivity index (χ2v) is 7.41. The Bertz CT molecular complexity index is 465. The van der Waals surface area contributed by atoms with E-state index in [1.54, 1.807) is 0 Å². The molecule has 1 aromatic rings. The first-order chi connectivity index (χ1) is 8.28. The van der Waals surface area contributed by atoms with Crippen LogP contribution in [0.1, 0.15) is 18.1 Å². The van der Waals surface area contributed by atoms with Crippen molar-refractivity contribution in [3.63, 3.8) is 0 Å². The molecule has 0 saturated carbocycles. The molecule has 1 aromatic carbocycles. The lowest BCUT2D eigenvalue weighted by atomic mass is 10.0. The molecule has 102 valence electrons. The lowest BCUT2D eigenvalue weighted by Crippen LogP contribution is -2.34. The van der Waals surface area contributed by atoms with Gasteiger partial charge in [-0.05, 0) is 32.9 Å². The Morgan fingerprint density at radius 1 is 1.22 bits per heavy atom. The summed E-state index contributed by atoms with van der Waals surface area (Å²) < 4.78 is 22.3. The first-order valence-electron chi connectivity index (χ1n) is 6.21. The number of likely N-dealkylation sites (N-methyl/N-ethyl adjacent to an activating group) is 1. The molecule has 0 fully saturated rings. The van der Waals surface area contributed by atoms with Crippen molar-refractivity contribution >= 4 is 9.84 Å². The van der Waals surface area contributed by atoms with E-state index in [0.717, 1.165) is 6.42 Å². The summed E-state index contributed by atoms with van der Waals surface area (Å²) in [5.41, 5.74) is 2.55. The van der Waals surface area contributed by atoms with Crippen molar-refractivity contribution in [3.8, 4) is 0 Å². The first-order valence-corrected chi connectivity index (χ1v) is 8.27. The van der Waals surface area contributed by atoms with Crippen LogP contribution in [-0.2, 0) is 16.3 Å². The third-order valence-electron chi connectivity index (χ3n) is 3.22. The third-order valence-corrected chi connectivity index (χ3v) is 4.14. The van der Waals surface area contributed by atoms with Crippen LogP contribution in [0.5, 0.6) is 0 Å². The number of hydrogen-bond donors (Lipinski definition) is 0. The largest absolute Gasteiger partial charge is 0.302 e. The lowest BCUT2D eigenvalue weighted by molar-refractivity contribution is 0.270. The van der Waals surface area contributed by atoms with Crippen molar-refractivity contribution in [3.05, 3.63) is 35.4 Å². The molecule has 1 rings (SSSR count). The quantitative estimate of drug-likeness (QED) is 0.791. The lowest BCUT2D eigenvalue weighted by Gasteiger charge is -2.24. The van der Waals surface area contributed by atoms with E-state index in [1.165, 1.54) is 17.4 Å². The molecule has 0 N–H and O–H groups in total. The van der Waals surface area contributed by atoms with Gasteiger partial charge in [0.05, 0.1) is 5.75 Å². The average Bonchev–Trinajstić information content (AvgIpc) is 2.28. The van der Waals surface area contributed by atoms with Gasteiger partial charge in [-0.25, -0.2) is 8.42 Å². The van der Waals surface area contributed by atoms with Gasteiger partial charge in [-0.1, -0.05) is 29.8 Å². The second-order valence-electron chi connectivity index (χ2n) is 5.15. The average molecular weight is 269 g/mol. The third kappa shape index (κ3) is 5.65. The zero-order valence-corrected chi connectivity index (χ0v) is 12.5. The van der Waals surface area contributed by atoms with Gasteiger partial charge in [-0.2, -0.15) is 0 Å². The number of sulfone groups is 1. The highest BCUT2D eigenvalue weighted by Gasteiger charge is 2.12. The number of hydrogen-bond acceptors (Lipinski definition) is 3. The van der Waals surface area contributed by atoms with Gasteiger partial charge in [-0.3, -0.25) is 0 Å². The monoisotopic (exact) mass is 269 g/mol. The Morgan fingerprint density at radius 2 is 1.78 bits per heavy atom. The van der Waals surface area contributed by atoms with Crippen LogP contribution in [0.2, 0.25) is 0 Å². The molecule has 0 heterocycles. The predicted molar refractivity (Wildman–Crippen MR) is 76.7 cm³/mol. The Balaban J connectivity index is 2.49.